The van der Waals surface area contributed by atoms with Gasteiger partial charge in [0, 0.05) is 44.6 Å². The third-order valence-electron chi connectivity index (χ3n) is 7.87. The fourth-order valence-corrected chi connectivity index (χ4v) is 5.89. The molecule has 1 aromatic carbocycles. The largest absolute Gasteiger partial charge is 0.493 e. The number of hydrogen-bond donors (Lipinski definition) is 3. The quantitative estimate of drug-likeness (QED) is 0.565. The first-order valence-electron chi connectivity index (χ1n) is 12.6. The van der Waals surface area contributed by atoms with Crippen LogP contribution in [-0.2, 0) is 10.5 Å². The number of nitrogens with zero attached hydrogens (tertiary/aromatic N) is 2. The van der Waals surface area contributed by atoms with E-state index >= 15 is 0 Å². The number of aliphatic imine (C=N–C) groups is 1. The molecule has 0 aromatic heterocycles. The Morgan fingerprint density at radius 3 is 2.65 bits per heavy atom. The van der Waals surface area contributed by atoms with Gasteiger partial charge in [0.1, 0.15) is 5.82 Å². The highest BCUT2D eigenvalue weighted by Crippen LogP contribution is 2.44. The van der Waals surface area contributed by atoms with Crippen LogP contribution in [0.2, 0.25) is 0 Å². The molecule has 0 amide bonds. The zero-order chi connectivity index (χ0) is 23.6. The molecule has 3 heterocycles. The minimum Gasteiger partial charge on any atom is -0.493 e. The summed E-state index contributed by atoms with van der Waals surface area (Å²) in [4.78, 5) is 6.98. The molecule has 1 spiro atoms. The van der Waals surface area contributed by atoms with E-state index in [1.807, 2.05) is 24.3 Å². The van der Waals surface area contributed by atoms with Crippen molar-refractivity contribution in [2.24, 2.45) is 22.1 Å². The maximum Gasteiger partial charge on any atom is 0.210 e. The summed E-state index contributed by atoms with van der Waals surface area (Å²) >= 11 is 0. The summed E-state index contributed by atoms with van der Waals surface area (Å²) < 4.78 is 17.6. The normalized spacial score (nSPS) is 27.6. The fourth-order valence-electron chi connectivity index (χ4n) is 5.89. The molecule has 1 saturated carbocycles. The van der Waals surface area contributed by atoms with Crippen molar-refractivity contribution < 1.29 is 14.2 Å². The Bertz CT molecular complexity index is 913. The van der Waals surface area contributed by atoms with Gasteiger partial charge in [-0.3, -0.25) is 5.73 Å². The first-order chi connectivity index (χ1) is 16.5. The third-order valence-corrected chi connectivity index (χ3v) is 7.87. The molecule has 4 aliphatic rings. The van der Waals surface area contributed by atoms with Crippen molar-refractivity contribution in [1.82, 2.24) is 15.5 Å². The maximum absolute atomic E-state index is 6.74. The minimum atomic E-state index is -1.07. The first kappa shape index (κ1) is 23.5. The monoisotopic (exact) mass is 469 g/mol. The van der Waals surface area contributed by atoms with Crippen molar-refractivity contribution >= 4 is 6.21 Å². The van der Waals surface area contributed by atoms with E-state index in [0.717, 1.165) is 68.3 Å². The summed E-state index contributed by atoms with van der Waals surface area (Å²) in [5.74, 6) is 1.89. The highest BCUT2D eigenvalue weighted by Gasteiger charge is 2.44. The Morgan fingerprint density at radius 1 is 1.18 bits per heavy atom. The number of likely N-dealkylation sites (tertiary alicyclic amines) is 1. The van der Waals surface area contributed by atoms with Gasteiger partial charge in [0.25, 0.3) is 0 Å². The molecule has 0 bridgehead atoms. The molecule has 2 saturated heterocycles. The van der Waals surface area contributed by atoms with Gasteiger partial charge in [-0.2, -0.15) is 0 Å². The van der Waals surface area contributed by atoms with E-state index in [9.17, 15) is 0 Å². The van der Waals surface area contributed by atoms with E-state index in [1.54, 1.807) is 13.3 Å². The molecule has 1 aliphatic carbocycles. The molecule has 1 unspecified atom stereocenters. The number of nitrogens with one attached hydrogen (secondary N) is 2. The second kappa shape index (κ2) is 9.76. The van der Waals surface area contributed by atoms with Crippen molar-refractivity contribution in [2.45, 2.75) is 50.4 Å². The number of nitrogens with two attached hydrogens (primary N) is 1. The number of allylic oxidation sites excluding steroid dienone is 1. The second-order valence-corrected chi connectivity index (χ2v) is 10.5. The van der Waals surface area contributed by atoms with Crippen LogP contribution >= 0.6 is 0 Å². The average Bonchev–Trinajstić information content (AvgIpc) is 2.84. The van der Waals surface area contributed by atoms with E-state index in [0.29, 0.717) is 11.3 Å². The Kier molecular flexibility index (Phi) is 6.73. The predicted molar refractivity (Wildman–Crippen MR) is 133 cm³/mol. The van der Waals surface area contributed by atoms with Gasteiger partial charge in [0.2, 0.25) is 5.79 Å². The molecular formula is C26H39N5O3. The van der Waals surface area contributed by atoms with Crippen LogP contribution in [0.4, 0.5) is 0 Å². The molecule has 34 heavy (non-hydrogen) atoms. The van der Waals surface area contributed by atoms with E-state index in [4.69, 9.17) is 19.9 Å². The third kappa shape index (κ3) is 5.04. The summed E-state index contributed by atoms with van der Waals surface area (Å²) in [5.41, 5.74) is 8.09. The van der Waals surface area contributed by atoms with Gasteiger partial charge in [-0.1, -0.05) is 0 Å². The summed E-state index contributed by atoms with van der Waals surface area (Å²) in [6.07, 6.45) is 10.7. The Morgan fingerprint density at radius 2 is 1.94 bits per heavy atom. The molecule has 8 nitrogen and oxygen atoms in total. The lowest BCUT2D eigenvalue weighted by Gasteiger charge is -2.52. The van der Waals surface area contributed by atoms with Gasteiger partial charge < -0.3 is 29.7 Å². The number of benzene rings is 1. The van der Waals surface area contributed by atoms with Gasteiger partial charge >= 0.3 is 0 Å². The lowest BCUT2D eigenvalue weighted by molar-refractivity contribution is -0.0353. The second-order valence-electron chi connectivity index (χ2n) is 10.5. The van der Waals surface area contributed by atoms with E-state index in [2.05, 4.69) is 27.6 Å². The number of ether oxygens (including phenoxy) is 3. The zero-order valence-corrected chi connectivity index (χ0v) is 20.5. The van der Waals surface area contributed by atoms with Gasteiger partial charge in [0.15, 0.2) is 11.5 Å². The molecule has 5 rings (SSSR count). The summed E-state index contributed by atoms with van der Waals surface area (Å²) in [7, 11) is 3.88. The molecular weight excluding hydrogens is 430 g/mol. The van der Waals surface area contributed by atoms with Crippen molar-refractivity contribution in [3.63, 3.8) is 0 Å². The van der Waals surface area contributed by atoms with Gasteiger partial charge in [0.05, 0.1) is 13.2 Å². The van der Waals surface area contributed by atoms with Crippen LogP contribution in [0.15, 0.2) is 35.1 Å². The average molecular weight is 470 g/mol. The lowest BCUT2D eigenvalue weighted by Crippen LogP contribution is -2.56. The molecule has 1 aromatic rings. The smallest absolute Gasteiger partial charge is 0.210 e. The highest BCUT2D eigenvalue weighted by atomic mass is 16.5. The predicted octanol–water partition coefficient (Wildman–Crippen LogP) is 2.55. The first-order valence-corrected chi connectivity index (χ1v) is 12.6. The van der Waals surface area contributed by atoms with Crippen molar-refractivity contribution in [3.8, 4) is 11.5 Å². The molecule has 1 atom stereocenters. The van der Waals surface area contributed by atoms with E-state index < -0.39 is 5.79 Å². The summed E-state index contributed by atoms with van der Waals surface area (Å²) in [6.45, 7) is 5.01. The van der Waals surface area contributed by atoms with E-state index in [1.165, 1.54) is 25.9 Å². The van der Waals surface area contributed by atoms with Crippen molar-refractivity contribution in [3.05, 3.63) is 35.7 Å². The van der Waals surface area contributed by atoms with Gasteiger partial charge in [-0.15, -0.1) is 0 Å². The Labute approximate surface area is 202 Å². The van der Waals surface area contributed by atoms with Crippen LogP contribution in [0, 0.1) is 11.3 Å². The summed E-state index contributed by atoms with van der Waals surface area (Å²) in [6, 6.07) is 5.86. The van der Waals surface area contributed by atoms with Gasteiger partial charge in [-0.05, 0) is 81.2 Å². The lowest BCUT2D eigenvalue weighted by atomic mass is 9.68. The van der Waals surface area contributed by atoms with E-state index in [-0.39, 0.29) is 6.10 Å². The minimum absolute atomic E-state index is 0.203. The zero-order valence-electron chi connectivity index (χ0n) is 20.5. The number of hydrogen-bond acceptors (Lipinski definition) is 8. The molecule has 3 fully saturated rings. The molecule has 186 valence electrons. The Hall–Kier alpha value is -2.29. The number of methoxy groups -OCH3 is 1. The molecule has 0 radical (unpaired) electrons. The molecule has 3 aliphatic heterocycles. The summed E-state index contributed by atoms with van der Waals surface area (Å²) in [5, 5.41) is 6.89. The molecule has 8 heteroatoms. The Balaban J connectivity index is 1.23. The standard InChI is InChI=1S/C26H39N5O3/c1-31-17-25(18-31)10-5-21(6-11-25)34-23-15-20(3-4-22(23)32-2)26(27)29-12-7-24(30-26)28-16-19-8-13-33-14-9-19/h3-4,7,12,15,19,21,28,30H,5-6,8-11,13-14,16-18,27H2,1-2H3. The number of rotatable bonds is 7. The van der Waals surface area contributed by atoms with Crippen LogP contribution in [0.5, 0.6) is 11.5 Å². The highest BCUT2D eigenvalue weighted by molar-refractivity contribution is 5.74. The van der Waals surface area contributed by atoms with Crippen LogP contribution in [0.3, 0.4) is 0 Å². The molecule has 4 N–H and O–H groups in total. The van der Waals surface area contributed by atoms with Gasteiger partial charge in [-0.25, -0.2) is 4.99 Å². The van der Waals surface area contributed by atoms with Crippen LogP contribution in [-0.4, -0.2) is 64.2 Å². The van der Waals surface area contributed by atoms with Crippen LogP contribution < -0.4 is 25.8 Å². The van der Waals surface area contributed by atoms with Crippen molar-refractivity contribution in [1.29, 1.82) is 0 Å². The van der Waals surface area contributed by atoms with Crippen molar-refractivity contribution in [2.75, 3.05) is 47.0 Å². The van der Waals surface area contributed by atoms with Crippen LogP contribution in [0.25, 0.3) is 0 Å². The topological polar surface area (TPSA) is 93.4 Å². The SMILES string of the molecule is COc1ccc(C2(N)N=CC=C(NCC3CCOCC3)N2)cc1OC1CCC2(CC1)CN(C)C2. The maximum atomic E-state index is 6.74. The fraction of sp³-hybridized carbons (Fsp3) is 0.654. The van der Waals surface area contributed by atoms with Crippen LogP contribution in [0.1, 0.15) is 44.1 Å².